The number of nitrogens with zero attached hydrogens (tertiary/aromatic N) is 3. The summed E-state index contributed by atoms with van der Waals surface area (Å²) in [6.07, 6.45) is 2.22. The molecule has 3 aromatic rings. The van der Waals surface area contributed by atoms with Crippen LogP contribution in [0.1, 0.15) is 37.6 Å². The van der Waals surface area contributed by atoms with Crippen LogP contribution in [0.5, 0.6) is 5.75 Å². The van der Waals surface area contributed by atoms with Crippen molar-refractivity contribution in [1.82, 2.24) is 9.66 Å². The van der Waals surface area contributed by atoms with Gasteiger partial charge in [0.05, 0.1) is 27.2 Å². The summed E-state index contributed by atoms with van der Waals surface area (Å²) in [7, 11) is 0. The van der Waals surface area contributed by atoms with Gasteiger partial charge in [0.15, 0.2) is 12.4 Å². The Labute approximate surface area is 196 Å². The van der Waals surface area contributed by atoms with E-state index < -0.39 is 12.6 Å². The van der Waals surface area contributed by atoms with Crippen LogP contribution in [0.3, 0.4) is 0 Å². The fourth-order valence-corrected chi connectivity index (χ4v) is 3.80. The smallest absolute Gasteiger partial charge is 0.341 e. The van der Waals surface area contributed by atoms with Gasteiger partial charge in [-0.25, -0.2) is 9.78 Å². The third-order valence-corrected chi connectivity index (χ3v) is 5.62. The molecular weight excluding hydrogens is 509 g/mol. The van der Waals surface area contributed by atoms with Crippen LogP contribution in [-0.2, 0) is 4.79 Å². The number of hydrogen-bond donors (Lipinski definition) is 1. The zero-order valence-electron chi connectivity index (χ0n) is 16.6. The predicted octanol–water partition coefficient (Wildman–Crippen LogP) is 5.32. The highest BCUT2D eigenvalue weighted by Gasteiger charge is 2.16. The summed E-state index contributed by atoms with van der Waals surface area (Å²) in [5, 5.41) is 13.8. The van der Waals surface area contributed by atoms with E-state index in [0.29, 0.717) is 22.3 Å². The third kappa shape index (κ3) is 5.26. The Bertz CT molecular complexity index is 1220. The Morgan fingerprint density at radius 3 is 2.61 bits per heavy atom. The predicted molar refractivity (Wildman–Crippen MR) is 125 cm³/mol. The van der Waals surface area contributed by atoms with E-state index in [9.17, 15) is 9.59 Å². The summed E-state index contributed by atoms with van der Waals surface area (Å²) in [6.45, 7) is 3.41. The molecule has 2 aromatic carbocycles. The average molecular weight is 527 g/mol. The Morgan fingerprint density at radius 2 is 2.00 bits per heavy atom. The first-order valence-electron chi connectivity index (χ1n) is 9.31. The quantitative estimate of drug-likeness (QED) is 0.420. The Balaban J connectivity index is 2.07. The SMILES string of the molecule is CC[C@@H](C)c1nc2ccc(Br)cc2c(=O)n1N=Cc1cc(Cl)c(OCC(=O)O)c(Cl)c1. The molecule has 10 heteroatoms. The van der Waals surface area contributed by atoms with Crippen LogP contribution < -0.4 is 10.3 Å². The number of aliphatic carboxylic acids is 1. The number of hydrogen-bond acceptors (Lipinski definition) is 5. The first kappa shape index (κ1) is 23.2. The molecule has 0 amide bonds. The van der Waals surface area contributed by atoms with Gasteiger partial charge in [0.2, 0.25) is 0 Å². The molecule has 0 fully saturated rings. The molecule has 0 unspecified atom stereocenters. The average Bonchev–Trinajstić information content (AvgIpc) is 2.72. The van der Waals surface area contributed by atoms with Crippen LogP contribution in [0.25, 0.3) is 10.9 Å². The molecule has 162 valence electrons. The molecule has 1 heterocycles. The largest absolute Gasteiger partial charge is 0.479 e. The maximum atomic E-state index is 13.1. The minimum Gasteiger partial charge on any atom is -0.479 e. The van der Waals surface area contributed by atoms with Crippen molar-refractivity contribution in [1.29, 1.82) is 0 Å². The lowest BCUT2D eigenvalue weighted by atomic mass is 10.1. The molecule has 3 rings (SSSR count). The zero-order chi connectivity index (χ0) is 22.7. The van der Waals surface area contributed by atoms with Gasteiger partial charge in [-0.1, -0.05) is 53.0 Å². The minimum atomic E-state index is -1.15. The van der Waals surface area contributed by atoms with Gasteiger partial charge >= 0.3 is 5.97 Å². The highest BCUT2D eigenvalue weighted by Crippen LogP contribution is 2.34. The second kappa shape index (κ2) is 9.80. The Kier molecular flexibility index (Phi) is 7.35. The number of benzene rings is 2. The van der Waals surface area contributed by atoms with Crippen LogP contribution in [-0.4, -0.2) is 33.6 Å². The van der Waals surface area contributed by atoms with Crippen molar-refractivity contribution in [2.24, 2.45) is 5.10 Å². The molecule has 1 atom stereocenters. The summed E-state index contributed by atoms with van der Waals surface area (Å²) >= 11 is 15.7. The number of ether oxygens (including phenoxy) is 1. The summed E-state index contributed by atoms with van der Waals surface area (Å²) < 4.78 is 7.16. The Morgan fingerprint density at radius 1 is 1.32 bits per heavy atom. The van der Waals surface area contributed by atoms with E-state index in [-0.39, 0.29) is 27.3 Å². The number of carboxylic acids is 1. The third-order valence-electron chi connectivity index (χ3n) is 4.57. The molecule has 7 nitrogen and oxygen atoms in total. The fraction of sp³-hybridized carbons (Fsp3) is 0.238. The normalized spacial score (nSPS) is 12.4. The monoisotopic (exact) mass is 525 g/mol. The van der Waals surface area contributed by atoms with Crippen LogP contribution in [0.4, 0.5) is 0 Å². The lowest BCUT2D eigenvalue weighted by Crippen LogP contribution is -2.23. The van der Waals surface area contributed by atoms with E-state index in [2.05, 4.69) is 26.0 Å². The number of carboxylic acid groups (broad SMARTS) is 1. The highest BCUT2D eigenvalue weighted by atomic mass is 79.9. The van der Waals surface area contributed by atoms with E-state index in [1.54, 1.807) is 12.1 Å². The van der Waals surface area contributed by atoms with Crippen LogP contribution >= 0.6 is 39.1 Å². The van der Waals surface area contributed by atoms with Crippen molar-refractivity contribution >= 4 is 62.2 Å². The molecule has 0 saturated carbocycles. The molecule has 0 radical (unpaired) electrons. The zero-order valence-corrected chi connectivity index (χ0v) is 19.7. The first-order valence-corrected chi connectivity index (χ1v) is 10.9. The van der Waals surface area contributed by atoms with Crippen LogP contribution in [0.15, 0.2) is 44.7 Å². The number of carbonyl (C=O) groups is 1. The van der Waals surface area contributed by atoms with Gasteiger partial charge in [-0.05, 0) is 42.3 Å². The topological polar surface area (TPSA) is 93.8 Å². The van der Waals surface area contributed by atoms with Gasteiger partial charge in [-0.15, -0.1) is 0 Å². The summed E-state index contributed by atoms with van der Waals surface area (Å²) in [5.41, 5.74) is 0.812. The summed E-state index contributed by atoms with van der Waals surface area (Å²) in [4.78, 5) is 28.5. The molecule has 31 heavy (non-hydrogen) atoms. The van der Waals surface area contributed by atoms with E-state index >= 15 is 0 Å². The standard InChI is InChI=1S/C21H18BrCl2N3O4/c1-3-11(2)20-26-17-5-4-13(22)8-14(17)21(30)27(20)25-9-12-6-15(23)19(16(24)7-12)31-10-18(28)29/h4-9,11H,3,10H2,1-2H3,(H,28,29)/t11-/m1/s1. The number of aromatic nitrogens is 2. The van der Waals surface area contributed by atoms with E-state index in [1.165, 1.54) is 23.0 Å². The maximum Gasteiger partial charge on any atom is 0.341 e. The Hall–Kier alpha value is -2.42. The molecule has 0 aliphatic heterocycles. The lowest BCUT2D eigenvalue weighted by molar-refractivity contribution is -0.139. The van der Waals surface area contributed by atoms with Crippen LogP contribution in [0.2, 0.25) is 10.0 Å². The minimum absolute atomic E-state index is 0.00290. The van der Waals surface area contributed by atoms with Crippen molar-refractivity contribution in [3.05, 3.63) is 66.6 Å². The van der Waals surface area contributed by atoms with Gasteiger partial charge in [-0.2, -0.15) is 9.78 Å². The molecular formula is C21H18BrCl2N3O4. The van der Waals surface area contributed by atoms with Crippen molar-refractivity contribution in [3.63, 3.8) is 0 Å². The fourth-order valence-electron chi connectivity index (χ4n) is 2.83. The van der Waals surface area contributed by atoms with Gasteiger partial charge in [0, 0.05) is 10.4 Å². The molecule has 0 spiro atoms. The van der Waals surface area contributed by atoms with E-state index in [4.69, 9.17) is 33.0 Å². The second-order valence-electron chi connectivity index (χ2n) is 6.80. The summed E-state index contributed by atoms with van der Waals surface area (Å²) in [6, 6.07) is 8.37. The lowest BCUT2D eigenvalue weighted by Gasteiger charge is -2.14. The maximum absolute atomic E-state index is 13.1. The van der Waals surface area contributed by atoms with Crippen molar-refractivity contribution in [2.45, 2.75) is 26.2 Å². The second-order valence-corrected chi connectivity index (χ2v) is 8.53. The van der Waals surface area contributed by atoms with Gasteiger partial charge in [0.25, 0.3) is 5.56 Å². The van der Waals surface area contributed by atoms with E-state index in [0.717, 1.165) is 10.9 Å². The molecule has 0 saturated heterocycles. The van der Waals surface area contributed by atoms with Crippen molar-refractivity contribution in [2.75, 3.05) is 6.61 Å². The molecule has 0 aliphatic rings. The number of fused-ring (bicyclic) bond motifs is 1. The number of rotatable bonds is 7. The summed E-state index contributed by atoms with van der Waals surface area (Å²) in [5.74, 6) is -0.545. The van der Waals surface area contributed by atoms with Crippen molar-refractivity contribution < 1.29 is 14.6 Å². The molecule has 0 bridgehead atoms. The highest BCUT2D eigenvalue weighted by molar-refractivity contribution is 9.10. The number of halogens is 3. The molecule has 1 N–H and O–H groups in total. The van der Waals surface area contributed by atoms with Crippen LogP contribution in [0, 0.1) is 0 Å². The van der Waals surface area contributed by atoms with E-state index in [1.807, 2.05) is 19.9 Å². The van der Waals surface area contributed by atoms with Gasteiger partial charge < -0.3 is 9.84 Å². The van der Waals surface area contributed by atoms with Gasteiger partial charge in [0.1, 0.15) is 5.82 Å². The molecule has 1 aromatic heterocycles. The van der Waals surface area contributed by atoms with Gasteiger partial charge in [-0.3, -0.25) is 4.79 Å². The first-order chi connectivity index (χ1) is 14.7. The van der Waals surface area contributed by atoms with Crippen molar-refractivity contribution in [3.8, 4) is 5.75 Å². The molecule has 0 aliphatic carbocycles.